The number of amides is 2. The largest absolute Gasteiger partial charge is 0.349 e. The van der Waals surface area contributed by atoms with Crippen molar-refractivity contribution in [2.75, 3.05) is 4.90 Å². The maximum absolute atomic E-state index is 13.1. The standard InChI is InChI=1S/C28H30N2O2/c1-20-11-13-22(14-12-20)19-30(28(32)25-15-16-25)26-10-6-7-23(17-26)18-27(31)29-21(2)24-8-4-3-5-9-24/h3-14,17,21,25H,15-16,18-19H2,1-2H3,(H,29,31)/t21-/m1/s1. The van der Waals surface area contributed by atoms with Crippen LogP contribution in [0.25, 0.3) is 0 Å². The molecule has 1 aliphatic carbocycles. The van der Waals surface area contributed by atoms with Crippen LogP contribution in [0.3, 0.4) is 0 Å². The van der Waals surface area contributed by atoms with E-state index in [4.69, 9.17) is 0 Å². The van der Waals surface area contributed by atoms with Gasteiger partial charge in [-0.15, -0.1) is 0 Å². The van der Waals surface area contributed by atoms with Crippen LogP contribution in [0.2, 0.25) is 0 Å². The number of hydrogen-bond donors (Lipinski definition) is 1. The molecule has 0 unspecified atom stereocenters. The molecule has 0 aromatic heterocycles. The van der Waals surface area contributed by atoms with Crippen molar-refractivity contribution >= 4 is 17.5 Å². The number of carbonyl (C=O) groups excluding carboxylic acids is 2. The van der Waals surface area contributed by atoms with E-state index in [1.54, 1.807) is 0 Å². The van der Waals surface area contributed by atoms with Crippen molar-refractivity contribution in [3.05, 3.63) is 101 Å². The van der Waals surface area contributed by atoms with Gasteiger partial charge in [0.05, 0.1) is 19.0 Å². The Labute approximate surface area is 190 Å². The highest BCUT2D eigenvalue weighted by molar-refractivity contribution is 5.96. The fourth-order valence-corrected chi connectivity index (χ4v) is 3.86. The summed E-state index contributed by atoms with van der Waals surface area (Å²) in [6, 6.07) is 26.0. The molecular formula is C28H30N2O2. The smallest absolute Gasteiger partial charge is 0.230 e. The maximum atomic E-state index is 13.1. The van der Waals surface area contributed by atoms with E-state index in [9.17, 15) is 9.59 Å². The summed E-state index contributed by atoms with van der Waals surface area (Å²) in [6.45, 7) is 4.58. The molecular weight excluding hydrogens is 396 g/mol. The molecule has 32 heavy (non-hydrogen) atoms. The van der Waals surface area contributed by atoms with Gasteiger partial charge in [0.1, 0.15) is 0 Å². The van der Waals surface area contributed by atoms with E-state index in [2.05, 4.69) is 36.5 Å². The predicted molar refractivity (Wildman–Crippen MR) is 128 cm³/mol. The summed E-state index contributed by atoms with van der Waals surface area (Å²) in [6.07, 6.45) is 2.20. The van der Waals surface area contributed by atoms with Gasteiger partial charge in [-0.1, -0.05) is 72.3 Å². The minimum absolute atomic E-state index is 0.0305. The molecule has 2 amide bonds. The molecule has 3 aromatic rings. The van der Waals surface area contributed by atoms with Gasteiger partial charge in [-0.2, -0.15) is 0 Å². The second kappa shape index (κ2) is 9.82. The lowest BCUT2D eigenvalue weighted by molar-refractivity contribution is -0.121. The molecule has 1 aliphatic rings. The van der Waals surface area contributed by atoms with Gasteiger partial charge in [-0.05, 0) is 55.5 Å². The molecule has 1 N–H and O–H groups in total. The Balaban J connectivity index is 1.48. The van der Waals surface area contributed by atoms with E-state index in [0.29, 0.717) is 6.54 Å². The minimum atomic E-state index is -0.0543. The first-order valence-electron chi connectivity index (χ1n) is 11.3. The number of aryl methyl sites for hydroxylation is 1. The number of rotatable bonds is 8. The van der Waals surface area contributed by atoms with Crippen molar-refractivity contribution in [2.24, 2.45) is 5.92 Å². The third-order valence-corrected chi connectivity index (χ3v) is 5.92. The first kappa shape index (κ1) is 21.8. The highest BCUT2D eigenvalue weighted by Crippen LogP contribution is 2.34. The fourth-order valence-electron chi connectivity index (χ4n) is 3.86. The highest BCUT2D eigenvalue weighted by atomic mass is 16.2. The Morgan fingerprint density at radius 3 is 2.34 bits per heavy atom. The molecule has 1 atom stereocenters. The third-order valence-electron chi connectivity index (χ3n) is 5.92. The lowest BCUT2D eigenvalue weighted by atomic mass is 10.1. The average Bonchev–Trinajstić information content (AvgIpc) is 3.64. The first-order valence-corrected chi connectivity index (χ1v) is 11.3. The van der Waals surface area contributed by atoms with E-state index in [1.165, 1.54) is 5.56 Å². The van der Waals surface area contributed by atoms with Gasteiger partial charge in [0.25, 0.3) is 0 Å². The van der Waals surface area contributed by atoms with Crippen molar-refractivity contribution in [3.8, 4) is 0 Å². The van der Waals surface area contributed by atoms with Crippen molar-refractivity contribution in [1.29, 1.82) is 0 Å². The molecule has 4 heteroatoms. The lowest BCUT2D eigenvalue weighted by Gasteiger charge is -2.24. The van der Waals surface area contributed by atoms with Gasteiger partial charge in [0.15, 0.2) is 0 Å². The zero-order valence-corrected chi connectivity index (χ0v) is 18.8. The molecule has 0 radical (unpaired) electrons. The van der Waals surface area contributed by atoms with Crippen LogP contribution in [0.1, 0.15) is 48.1 Å². The molecule has 1 fully saturated rings. The van der Waals surface area contributed by atoms with Crippen molar-refractivity contribution in [2.45, 2.75) is 45.7 Å². The van der Waals surface area contributed by atoms with E-state index in [-0.39, 0.29) is 30.2 Å². The molecule has 0 aliphatic heterocycles. The molecule has 4 nitrogen and oxygen atoms in total. The number of nitrogens with one attached hydrogen (secondary N) is 1. The van der Waals surface area contributed by atoms with Gasteiger partial charge >= 0.3 is 0 Å². The first-order chi connectivity index (χ1) is 15.5. The van der Waals surface area contributed by atoms with Crippen LogP contribution in [0.4, 0.5) is 5.69 Å². The molecule has 0 saturated heterocycles. The Bertz CT molecular complexity index is 1070. The van der Waals surface area contributed by atoms with E-state index in [1.807, 2.05) is 66.4 Å². The zero-order valence-electron chi connectivity index (χ0n) is 18.8. The second-order valence-electron chi connectivity index (χ2n) is 8.73. The number of carbonyl (C=O) groups is 2. The molecule has 4 rings (SSSR count). The topological polar surface area (TPSA) is 49.4 Å². The molecule has 1 saturated carbocycles. The third kappa shape index (κ3) is 5.64. The monoisotopic (exact) mass is 426 g/mol. The summed E-state index contributed by atoms with van der Waals surface area (Å²) in [5.74, 6) is 0.265. The second-order valence-corrected chi connectivity index (χ2v) is 8.73. The molecule has 164 valence electrons. The Morgan fingerprint density at radius 1 is 0.938 bits per heavy atom. The van der Waals surface area contributed by atoms with Gasteiger partial charge in [0.2, 0.25) is 11.8 Å². The lowest BCUT2D eigenvalue weighted by Crippen LogP contribution is -2.32. The maximum Gasteiger partial charge on any atom is 0.230 e. The van der Waals surface area contributed by atoms with Crippen LogP contribution in [-0.4, -0.2) is 11.8 Å². The van der Waals surface area contributed by atoms with Crippen LogP contribution in [-0.2, 0) is 22.6 Å². The summed E-state index contributed by atoms with van der Waals surface area (Å²) in [5.41, 5.74) is 5.13. The van der Waals surface area contributed by atoms with Crippen molar-refractivity contribution in [3.63, 3.8) is 0 Å². The Morgan fingerprint density at radius 2 is 1.66 bits per heavy atom. The van der Waals surface area contributed by atoms with Gasteiger partial charge in [-0.25, -0.2) is 0 Å². The SMILES string of the molecule is Cc1ccc(CN(C(=O)C2CC2)c2cccc(CC(=O)N[C@H](C)c3ccccc3)c2)cc1. The Kier molecular flexibility index (Phi) is 6.69. The van der Waals surface area contributed by atoms with Crippen LogP contribution in [0.15, 0.2) is 78.9 Å². The summed E-state index contributed by atoms with van der Waals surface area (Å²) in [5, 5.41) is 3.07. The summed E-state index contributed by atoms with van der Waals surface area (Å²) >= 11 is 0. The van der Waals surface area contributed by atoms with E-state index in [0.717, 1.165) is 35.2 Å². The average molecular weight is 427 g/mol. The van der Waals surface area contributed by atoms with Crippen LogP contribution >= 0.6 is 0 Å². The van der Waals surface area contributed by atoms with Crippen LogP contribution < -0.4 is 10.2 Å². The van der Waals surface area contributed by atoms with Crippen molar-refractivity contribution < 1.29 is 9.59 Å². The number of nitrogens with zero attached hydrogens (tertiary/aromatic N) is 1. The molecule has 0 spiro atoms. The van der Waals surface area contributed by atoms with E-state index >= 15 is 0 Å². The fraction of sp³-hybridized carbons (Fsp3) is 0.286. The number of benzene rings is 3. The van der Waals surface area contributed by atoms with E-state index < -0.39 is 0 Å². The number of hydrogen-bond acceptors (Lipinski definition) is 2. The summed E-state index contributed by atoms with van der Waals surface area (Å²) in [7, 11) is 0. The zero-order chi connectivity index (χ0) is 22.5. The minimum Gasteiger partial charge on any atom is -0.349 e. The summed E-state index contributed by atoms with van der Waals surface area (Å²) < 4.78 is 0. The summed E-state index contributed by atoms with van der Waals surface area (Å²) in [4.78, 5) is 27.6. The Hall–Kier alpha value is -3.40. The van der Waals surface area contributed by atoms with Gasteiger partial charge in [0, 0.05) is 11.6 Å². The van der Waals surface area contributed by atoms with Crippen molar-refractivity contribution in [1.82, 2.24) is 5.32 Å². The quantitative estimate of drug-likeness (QED) is 0.527. The number of anilines is 1. The molecule has 3 aromatic carbocycles. The predicted octanol–water partition coefficient (Wildman–Crippen LogP) is 5.36. The molecule has 0 bridgehead atoms. The van der Waals surface area contributed by atoms with Crippen LogP contribution in [0.5, 0.6) is 0 Å². The van der Waals surface area contributed by atoms with Gasteiger partial charge < -0.3 is 10.2 Å². The van der Waals surface area contributed by atoms with Crippen LogP contribution in [0, 0.1) is 12.8 Å². The molecule has 0 heterocycles. The normalized spacial score (nSPS) is 13.9. The van der Waals surface area contributed by atoms with Gasteiger partial charge in [-0.3, -0.25) is 9.59 Å². The highest BCUT2D eigenvalue weighted by Gasteiger charge is 2.34.